The molecular formula is C59H54N8O12S2. The van der Waals surface area contributed by atoms with E-state index in [2.05, 4.69) is 20.5 Å². The molecular weight excluding hydrogens is 1080 g/mol. The van der Waals surface area contributed by atoms with Crippen molar-refractivity contribution < 1.29 is 55.0 Å². The Morgan fingerprint density at radius 3 is 1.67 bits per heavy atom. The van der Waals surface area contributed by atoms with E-state index >= 15 is 0 Å². The molecule has 22 heteroatoms. The Balaban J connectivity index is 0.894. The lowest BCUT2D eigenvalue weighted by Crippen LogP contribution is -2.53. The summed E-state index contributed by atoms with van der Waals surface area (Å²) in [6.07, 6.45) is 3.09. The molecule has 0 spiro atoms. The Bertz CT molecular complexity index is 3950. The van der Waals surface area contributed by atoms with Gasteiger partial charge in [0.1, 0.15) is 12.1 Å². The van der Waals surface area contributed by atoms with Crippen molar-refractivity contribution in [3.63, 3.8) is 0 Å². The van der Waals surface area contributed by atoms with E-state index in [-0.39, 0.29) is 41.8 Å². The first-order valence-corrected chi connectivity index (χ1v) is 28.2. The quantitative estimate of drug-likeness (QED) is 0.0792. The molecule has 414 valence electrons. The fraction of sp³-hybridized carbons (Fsp3) is 0.169. The summed E-state index contributed by atoms with van der Waals surface area (Å²) in [4.78, 5) is 59.1. The Hall–Kier alpha value is -9.67. The van der Waals surface area contributed by atoms with Crippen LogP contribution in [0.5, 0.6) is 23.0 Å². The van der Waals surface area contributed by atoms with Gasteiger partial charge in [0.2, 0.25) is 25.4 Å². The van der Waals surface area contributed by atoms with Crippen molar-refractivity contribution in [2.45, 2.75) is 34.7 Å². The number of aromatic nitrogens is 2. The topological polar surface area (TPSA) is 237 Å². The van der Waals surface area contributed by atoms with Crippen molar-refractivity contribution in [1.82, 2.24) is 29.4 Å². The minimum atomic E-state index is -4.59. The third kappa shape index (κ3) is 11.9. The first kappa shape index (κ1) is 54.7. The van der Waals surface area contributed by atoms with Crippen molar-refractivity contribution in [1.29, 1.82) is 0 Å². The van der Waals surface area contributed by atoms with Crippen LogP contribution in [0.1, 0.15) is 11.1 Å². The van der Waals surface area contributed by atoms with E-state index in [0.717, 1.165) is 12.6 Å². The van der Waals surface area contributed by atoms with Crippen molar-refractivity contribution in [2.24, 2.45) is 7.05 Å². The molecule has 1 aromatic heterocycles. The highest BCUT2D eigenvalue weighted by Gasteiger charge is 2.34. The van der Waals surface area contributed by atoms with Gasteiger partial charge in [-0.05, 0) is 70.3 Å². The zero-order valence-corrected chi connectivity index (χ0v) is 45.8. The summed E-state index contributed by atoms with van der Waals surface area (Å²) < 4.78 is 83.2. The van der Waals surface area contributed by atoms with E-state index in [0.29, 0.717) is 72.1 Å². The first-order valence-electron chi connectivity index (χ1n) is 25.3. The number of nitrogens with one attached hydrogen (secondary N) is 3. The van der Waals surface area contributed by atoms with E-state index in [1.807, 2.05) is 18.2 Å². The van der Waals surface area contributed by atoms with Crippen LogP contribution in [0.25, 0.3) is 33.4 Å². The number of benzene rings is 7. The van der Waals surface area contributed by atoms with Gasteiger partial charge >= 0.3 is 12.1 Å². The van der Waals surface area contributed by atoms with Gasteiger partial charge in [-0.3, -0.25) is 14.3 Å². The van der Waals surface area contributed by atoms with E-state index in [4.69, 9.17) is 18.9 Å². The average Bonchev–Trinajstić information content (AvgIpc) is 4.41. The van der Waals surface area contributed by atoms with Crippen LogP contribution in [0.3, 0.4) is 0 Å². The Kier molecular flexibility index (Phi) is 15.5. The van der Waals surface area contributed by atoms with E-state index in [1.54, 1.807) is 148 Å². The number of hydrogen-bond acceptors (Lipinski definition) is 13. The second-order valence-electron chi connectivity index (χ2n) is 19.0. The summed E-state index contributed by atoms with van der Waals surface area (Å²) in [5, 5.41) is 9.47. The Labute approximate surface area is 467 Å². The van der Waals surface area contributed by atoms with Gasteiger partial charge in [-0.25, -0.2) is 35.5 Å². The summed E-state index contributed by atoms with van der Waals surface area (Å²) in [6, 6.07) is 40.8. The lowest BCUT2D eigenvalue weighted by molar-refractivity contribution is -0.120. The average molecular weight is 1130 g/mol. The van der Waals surface area contributed by atoms with Crippen LogP contribution < -0.4 is 44.1 Å². The number of sulfonamides is 2. The lowest BCUT2D eigenvalue weighted by atomic mass is 9.96. The van der Waals surface area contributed by atoms with E-state index in [9.17, 15) is 36.0 Å². The van der Waals surface area contributed by atoms with E-state index in [1.165, 1.54) is 45.9 Å². The molecule has 0 fully saturated rings. The van der Waals surface area contributed by atoms with Crippen LogP contribution in [-0.2, 0) is 49.5 Å². The van der Waals surface area contributed by atoms with Crippen LogP contribution in [-0.4, -0.2) is 102 Å². The third-order valence-electron chi connectivity index (χ3n) is 13.7. The van der Waals surface area contributed by atoms with Gasteiger partial charge in [0.15, 0.2) is 23.0 Å². The van der Waals surface area contributed by atoms with Gasteiger partial charge in [-0.2, -0.15) is 5.10 Å². The highest BCUT2D eigenvalue weighted by Crippen LogP contribution is 2.38. The molecule has 0 saturated heterocycles. The number of anilines is 2. The molecule has 2 aliphatic heterocycles. The lowest BCUT2D eigenvalue weighted by Gasteiger charge is -2.27. The molecule has 10 rings (SSSR count). The molecule has 0 unspecified atom stereocenters. The summed E-state index contributed by atoms with van der Waals surface area (Å²) in [6.45, 7) is 0.0420. The number of amides is 6. The summed E-state index contributed by atoms with van der Waals surface area (Å²) in [5.41, 5.74) is 5.05. The van der Waals surface area contributed by atoms with Crippen LogP contribution >= 0.6 is 0 Å². The molecule has 0 saturated carbocycles. The number of rotatable bonds is 17. The van der Waals surface area contributed by atoms with Gasteiger partial charge in [-0.15, -0.1) is 0 Å². The largest absolute Gasteiger partial charge is 0.454 e. The maximum atomic E-state index is 14.6. The minimum absolute atomic E-state index is 0.00485. The van der Waals surface area contributed by atoms with Crippen molar-refractivity contribution in [3.05, 3.63) is 187 Å². The molecule has 0 aliphatic carbocycles. The number of ether oxygens (including phenoxy) is 4. The summed E-state index contributed by atoms with van der Waals surface area (Å²) >= 11 is 0. The summed E-state index contributed by atoms with van der Waals surface area (Å²) in [5.74, 6) is 0.785. The van der Waals surface area contributed by atoms with Crippen LogP contribution in [0.2, 0.25) is 0 Å². The third-order valence-corrected chi connectivity index (χ3v) is 16.9. The molecule has 2 aliphatic rings. The molecule has 3 heterocycles. The van der Waals surface area contributed by atoms with Crippen molar-refractivity contribution in [2.75, 3.05) is 44.5 Å². The number of urea groups is 2. The molecule has 20 nitrogen and oxygen atoms in total. The van der Waals surface area contributed by atoms with Gasteiger partial charge in [0.05, 0.1) is 16.0 Å². The number of carbonyl (C=O) groups excluding carboxylic acids is 4. The number of nitrogens with zero attached hydrogens (tertiary/aromatic N) is 5. The van der Waals surface area contributed by atoms with Crippen LogP contribution in [0.15, 0.2) is 186 Å². The monoisotopic (exact) mass is 1130 g/mol. The normalized spacial score (nSPS) is 13.1. The predicted molar refractivity (Wildman–Crippen MR) is 302 cm³/mol. The number of hydrogen-bond donors (Lipinski definition) is 3. The highest BCUT2D eigenvalue weighted by atomic mass is 32.2. The summed E-state index contributed by atoms with van der Waals surface area (Å²) in [7, 11) is -3.22. The van der Waals surface area contributed by atoms with E-state index < -0.39 is 56.0 Å². The zero-order chi connectivity index (χ0) is 57.0. The molecule has 0 bridgehead atoms. The molecule has 6 amide bonds. The fourth-order valence-corrected chi connectivity index (χ4v) is 11.9. The molecule has 2 atom stereocenters. The van der Waals surface area contributed by atoms with Crippen molar-refractivity contribution >= 4 is 55.3 Å². The molecule has 3 N–H and O–H groups in total. The smallest absolute Gasteiger partial charge is 0.331 e. The second-order valence-corrected chi connectivity index (χ2v) is 22.6. The predicted octanol–water partition coefficient (Wildman–Crippen LogP) is 7.75. The van der Waals surface area contributed by atoms with Crippen LogP contribution in [0, 0.1) is 0 Å². The zero-order valence-electron chi connectivity index (χ0n) is 44.2. The molecule has 7 aromatic carbocycles. The standard InChI is InChI=1S/C59H54N8O12S2/c1-64-35-43(34-60-64)47-21-8-10-22-54(47)80(72,73)63-58(70)61-48(56(68)65(2)44-24-26-50-52(32-44)78-36-76-50)30-39-16-12-17-40(28-39)41-18-13-19-42(31-41)46-20-9-11-23-55(46)81(74,75)67(4)59(71)62-49(29-38-14-6-5-7-15-38)57(69)66(3)45-25-27-51-53(33-45)79-37-77-51/h5-28,31-35,48-49H,29-30,36-37H2,1-4H3,(H,62,71)(H2,61,63,70)/t48-,49-/m0/s1. The van der Waals surface area contributed by atoms with Gasteiger partial charge in [0.25, 0.3) is 20.0 Å². The van der Waals surface area contributed by atoms with Crippen molar-refractivity contribution in [3.8, 4) is 56.4 Å². The van der Waals surface area contributed by atoms with Gasteiger partial charge in [0, 0.05) is 87.4 Å². The molecule has 0 radical (unpaired) electrons. The Morgan fingerprint density at radius 1 is 0.543 bits per heavy atom. The Morgan fingerprint density at radius 2 is 1.05 bits per heavy atom. The van der Waals surface area contributed by atoms with Gasteiger partial charge < -0.3 is 39.4 Å². The molecule has 81 heavy (non-hydrogen) atoms. The number of aryl methyl sites for hydroxylation is 1. The number of likely N-dealkylation sites (N-methyl/N-ethyl adjacent to an activating group) is 2. The second kappa shape index (κ2) is 23.0. The maximum Gasteiger partial charge on any atom is 0.331 e. The fourth-order valence-electron chi connectivity index (χ4n) is 9.43. The molecule has 8 aromatic rings. The number of carbonyl (C=O) groups is 4. The maximum absolute atomic E-state index is 14.6. The number of fused-ring (bicyclic) bond motifs is 2. The first-order chi connectivity index (χ1) is 38.9. The van der Waals surface area contributed by atoms with Crippen LogP contribution in [0.4, 0.5) is 21.0 Å². The van der Waals surface area contributed by atoms with Gasteiger partial charge in [-0.1, -0.05) is 109 Å². The highest BCUT2D eigenvalue weighted by molar-refractivity contribution is 7.90. The SMILES string of the molecule is CN(C(=O)[C@H](Cc1cccc(-c2cccc(-c3ccccc3S(=O)(=O)N(C)C(=O)N[C@@H](Cc3ccccc3)C(=O)N(C)c3ccc4c(c3)OCO4)c2)c1)NC(=O)NS(=O)(=O)c1ccccc1-c1cnn(C)c1)c1ccc2c(c1)OCO2. The minimum Gasteiger partial charge on any atom is -0.454 e.